The van der Waals surface area contributed by atoms with Gasteiger partial charge in [0.2, 0.25) is 0 Å². The summed E-state index contributed by atoms with van der Waals surface area (Å²) < 4.78 is 14.3. The molecule has 2 aromatic rings. The normalized spacial score (nSPS) is 10.3. The van der Waals surface area contributed by atoms with E-state index >= 15 is 0 Å². The Morgan fingerprint density at radius 1 is 1.26 bits per heavy atom. The molecule has 2 aromatic carbocycles. The summed E-state index contributed by atoms with van der Waals surface area (Å²) in [4.78, 5) is 12.0. The zero-order valence-electron chi connectivity index (χ0n) is 9.58. The highest BCUT2D eigenvalue weighted by molar-refractivity contribution is 14.1. The molecule has 2 rings (SSSR count). The van der Waals surface area contributed by atoms with Crippen molar-refractivity contribution in [3.8, 4) is 0 Å². The van der Waals surface area contributed by atoms with Crippen molar-refractivity contribution >= 4 is 51.5 Å². The van der Waals surface area contributed by atoms with Crippen LogP contribution in [0.2, 0.25) is 5.02 Å². The molecule has 0 aliphatic rings. The standard InChI is InChI=1S/C13H9ClFIN2O/c14-9-5-7(1-4-11(9)16)13(19)18-12-6-8(17)2-3-10(12)15/h1-6H,17H2,(H,18,19). The maximum absolute atomic E-state index is 13.5. The minimum atomic E-state index is -0.542. The molecule has 6 heteroatoms. The smallest absolute Gasteiger partial charge is 0.255 e. The number of hydrogen-bond acceptors (Lipinski definition) is 2. The van der Waals surface area contributed by atoms with Gasteiger partial charge >= 0.3 is 0 Å². The number of amides is 1. The van der Waals surface area contributed by atoms with Gasteiger partial charge in [0.25, 0.3) is 5.91 Å². The molecule has 3 nitrogen and oxygen atoms in total. The summed E-state index contributed by atoms with van der Waals surface area (Å²) >= 11 is 7.99. The molecule has 1 amide bonds. The highest BCUT2D eigenvalue weighted by atomic mass is 127. The minimum Gasteiger partial charge on any atom is -0.399 e. The predicted octanol–water partition coefficient (Wildman–Crippen LogP) is 3.92. The molecule has 0 aromatic heterocycles. The van der Waals surface area contributed by atoms with Crippen LogP contribution in [0.3, 0.4) is 0 Å². The van der Waals surface area contributed by atoms with Crippen molar-refractivity contribution in [1.82, 2.24) is 0 Å². The monoisotopic (exact) mass is 390 g/mol. The minimum absolute atomic E-state index is 0.0414. The third kappa shape index (κ3) is 3.36. The highest BCUT2D eigenvalue weighted by Crippen LogP contribution is 2.22. The third-order valence-corrected chi connectivity index (χ3v) is 3.99. The fourth-order valence-corrected chi connectivity index (χ4v) is 1.99. The molecule has 0 spiro atoms. The first-order valence-corrected chi connectivity index (χ1v) is 6.74. The van der Waals surface area contributed by atoms with E-state index < -0.39 is 11.7 Å². The highest BCUT2D eigenvalue weighted by Gasteiger charge is 2.11. The molecule has 0 bridgehead atoms. The van der Waals surface area contributed by atoms with E-state index in [0.717, 1.165) is 3.57 Å². The summed E-state index contributed by atoms with van der Waals surface area (Å²) in [7, 11) is 0. The number of nitrogen functional groups attached to an aromatic ring is 1. The SMILES string of the molecule is Nc1ccc(F)c(NC(=O)c2ccc(I)c(Cl)c2)c1. The predicted molar refractivity (Wildman–Crippen MR) is 82.9 cm³/mol. The summed E-state index contributed by atoms with van der Waals surface area (Å²) in [6.07, 6.45) is 0. The number of nitrogens with two attached hydrogens (primary N) is 1. The van der Waals surface area contributed by atoms with Crippen LogP contribution in [-0.4, -0.2) is 5.91 Å². The van der Waals surface area contributed by atoms with Crippen molar-refractivity contribution in [3.05, 3.63) is 56.4 Å². The number of hydrogen-bond donors (Lipinski definition) is 2. The van der Waals surface area contributed by atoms with E-state index in [9.17, 15) is 9.18 Å². The lowest BCUT2D eigenvalue weighted by molar-refractivity contribution is 0.102. The zero-order valence-corrected chi connectivity index (χ0v) is 12.5. The molecular weight excluding hydrogens is 382 g/mol. The fraction of sp³-hybridized carbons (Fsp3) is 0. The van der Waals surface area contributed by atoms with Gasteiger partial charge in [-0.3, -0.25) is 4.79 Å². The van der Waals surface area contributed by atoms with Crippen LogP contribution >= 0.6 is 34.2 Å². The second-order valence-electron chi connectivity index (χ2n) is 3.82. The molecule has 0 saturated heterocycles. The van der Waals surface area contributed by atoms with Gasteiger partial charge in [0.05, 0.1) is 10.7 Å². The lowest BCUT2D eigenvalue weighted by atomic mass is 10.2. The van der Waals surface area contributed by atoms with Crippen LogP contribution in [0.5, 0.6) is 0 Å². The van der Waals surface area contributed by atoms with Gasteiger partial charge < -0.3 is 11.1 Å². The molecule has 3 N–H and O–H groups in total. The molecule has 0 atom stereocenters. The van der Waals surface area contributed by atoms with Crippen LogP contribution in [0.4, 0.5) is 15.8 Å². The lowest BCUT2D eigenvalue weighted by Crippen LogP contribution is -2.13. The van der Waals surface area contributed by atoms with Crippen LogP contribution in [-0.2, 0) is 0 Å². The Labute approximate surface area is 128 Å². The molecule has 0 unspecified atom stereocenters. The molecule has 98 valence electrons. The van der Waals surface area contributed by atoms with Crippen LogP contribution in [0.15, 0.2) is 36.4 Å². The van der Waals surface area contributed by atoms with Crippen molar-refractivity contribution in [2.45, 2.75) is 0 Å². The van der Waals surface area contributed by atoms with Gasteiger partial charge in [-0.05, 0) is 59.0 Å². The van der Waals surface area contributed by atoms with Gasteiger partial charge in [-0.2, -0.15) is 0 Å². The van der Waals surface area contributed by atoms with Gasteiger partial charge in [-0.25, -0.2) is 4.39 Å². The average molecular weight is 391 g/mol. The first-order chi connectivity index (χ1) is 8.97. The van der Waals surface area contributed by atoms with E-state index in [1.165, 1.54) is 24.3 Å². The van der Waals surface area contributed by atoms with E-state index in [-0.39, 0.29) is 5.69 Å². The first kappa shape index (κ1) is 14.1. The van der Waals surface area contributed by atoms with Crippen molar-refractivity contribution in [2.75, 3.05) is 11.1 Å². The number of benzene rings is 2. The quantitative estimate of drug-likeness (QED) is 0.603. The Hall–Kier alpha value is -1.34. The van der Waals surface area contributed by atoms with Gasteiger partial charge in [0, 0.05) is 14.8 Å². The maximum Gasteiger partial charge on any atom is 0.255 e. The van der Waals surface area contributed by atoms with E-state index in [0.29, 0.717) is 16.3 Å². The molecule has 0 aliphatic carbocycles. The third-order valence-electron chi connectivity index (χ3n) is 2.42. The van der Waals surface area contributed by atoms with Gasteiger partial charge in [0.15, 0.2) is 0 Å². The fourth-order valence-electron chi connectivity index (χ4n) is 1.47. The van der Waals surface area contributed by atoms with Crippen LogP contribution in [0.25, 0.3) is 0 Å². The molecule has 0 radical (unpaired) electrons. The van der Waals surface area contributed by atoms with Crippen molar-refractivity contribution < 1.29 is 9.18 Å². The Morgan fingerprint density at radius 2 is 2.00 bits per heavy atom. The number of carbonyl (C=O) groups excluding carboxylic acids is 1. The summed E-state index contributed by atoms with van der Waals surface area (Å²) in [5, 5.41) is 2.93. The summed E-state index contributed by atoms with van der Waals surface area (Å²) in [5.74, 6) is -0.984. The van der Waals surface area contributed by atoms with E-state index in [2.05, 4.69) is 27.9 Å². The summed E-state index contributed by atoms with van der Waals surface area (Å²) in [6.45, 7) is 0. The Bertz CT molecular complexity index is 649. The maximum atomic E-state index is 13.5. The molecular formula is C13H9ClFIN2O. The molecule has 0 aliphatic heterocycles. The second kappa shape index (κ2) is 5.75. The topological polar surface area (TPSA) is 55.1 Å². The van der Waals surface area contributed by atoms with Crippen LogP contribution in [0, 0.1) is 9.39 Å². The van der Waals surface area contributed by atoms with E-state index in [1.54, 1.807) is 12.1 Å². The zero-order chi connectivity index (χ0) is 14.0. The largest absolute Gasteiger partial charge is 0.399 e. The van der Waals surface area contributed by atoms with Gasteiger partial charge in [-0.15, -0.1) is 0 Å². The number of carbonyl (C=O) groups is 1. The Morgan fingerprint density at radius 3 is 2.68 bits per heavy atom. The van der Waals surface area contributed by atoms with Gasteiger partial charge in [0.1, 0.15) is 5.82 Å². The molecule has 19 heavy (non-hydrogen) atoms. The van der Waals surface area contributed by atoms with Crippen LogP contribution < -0.4 is 11.1 Å². The van der Waals surface area contributed by atoms with E-state index in [4.69, 9.17) is 17.3 Å². The van der Waals surface area contributed by atoms with Crippen LogP contribution in [0.1, 0.15) is 10.4 Å². The number of rotatable bonds is 2. The molecule has 0 fully saturated rings. The lowest BCUT2D eigenvalue weighted by Gasteiger charge is -2.08. The number of nitrogens with one attached hydrogen (secondary N) is 1. The van der Waals surface area contributed by atoms with Crippen molar-refractivity contribution in [3.63, 3.8) is 0 Å². The first-order valence-electron chi connectivity index (χ1n) is 5.29. The van der Waals surface area contributed by atoms with Crippen molar-refractivity contribution in [1.29, 1.82) is 0 Å². The Balaban J connectivity index is 2.25. The Kier molecular flexibility index (Phi) is 4.26. The molecule has 0 saturated carbocycles. The average Bonchev–Trinajstić information content (AvgIpc) is 2.37. The molecule has 0 heterocycles. The van der Waals surface area contributed by atoms with E-state index in [1.807, 2.05) is 0 Å². The van der Waals surface area contributed by atoms with Gasteiger partial charge in [-0.1, -0.05) is 11.6 Å². The van der Waals surface area contributed by atoms with Crippen molar-refractivity contribution in [2.24, 2.45) is 0 Å². The number of anilines is 2. The summed E-state index contributed by atoms with van der Waals surface area (Å²) in [6, 6.07) is 8.85. The second-order valence-corrected chi connectivity index (χ2v) is 5.39. The summed E-state index contributed by atoms with van der Waals surface area (Å²) in [5.41, 5.74) is 6.31. The number of halogens is 3.